The molecule has 0 aliphatic rings. The summed E-state index contributed by atoms with van der Waals surface area (Å²) in [7, 11) is 6.99. The molecule has 0 aliphatic heterocycles. The zero-order valence-electron chi connectivity index (χ0n) is 23.3. The van der Waals surface area contributed by atoms with Gasteiger partial charge in [-0.15, -0.1) is 34.5 Å². The molecule has 0 heterocycles. The Hall–Kier alpha value is -0.0531. The number of halogens is 2. The van der Waals surface area contributed by atoms with E-state index >= 15 is 0 Å². The zero-order valence-corrected chi connectivity index (χ0v) is 29.3. The van der Waals surface area contributed by atoms with Gasteiger partial charge in [0, 0.05) is 0 Å². The molecule has 0 saturated carbocycles. The molecule has 5 heteroatoms. The van der Waals surface area contributed by atoms with Crippen LogP contribution in [0, 0.1) is 0 Å². The molecule has 0 aliphatic carbocycles. The van der Waals surface area contributed by atoms with Gasteiger partial charge in [-0.2, -0.15) is 6.07 Å². The van der Waals surface area contributed by atoms with Crippen LogP contribution < -0.4 is 10.4 Å². The Morgan fingerprint density at radius 1 is 0.706 bits per heavy atom. The molecule has 0 radical (unpaired) electrons. The first kappa shape index (κ1) is 30.2. The van der Waals surface area contributed by atoms with Gasteiger partial charge in [-0.1, -0.05) is 121 Å². The van der Waals surface area contributed by atoms with E-state index in [1.165, 1.54) is 33.0 Å². The number of hydrogen-bond acceptors (Lipinski definition) is 0. The molecule has 0 N–H and O–H groups in total. The maximum atomic E-state index is 4.93. The predicted molar refractivity (Wildman–Crippen MR) is 160 cm³/mol. The molecule has 0 unspecified atom stereocenters. The van der Waals surface area contributed by atoms with Gasteiger partial charge in [0.15, 0.2) is 0 Å². The predicted octanol–water partition coefficient (Wildman–Crippen LogP) is 9.29. The van der Waals surface area contributed by atoms with Crippen molar-refractivity contribution in [3.05, 3.63) is 53.6 Å². The average Bonchev–Trinajstić information content (AvgIpc) is 3.10. The van der Waals surface area contributed by atoms with E-state index in [1.54, 1.807) is 10.4 Å². The van der Waals surface area contributed by atoms with Gasteiger partial charge < -0.3 is 0 Å². The molecule has 3 rings (SSSR count). The van der Waals surface area contributed by atoms with Crippen molar-refractivity contribution in [3.8, 4) is 11.1 Å². The zero-order chi connectivity index (χ0) is 26.3. The van der Waals surface area contributed by atoms with E-state index in [4.69, 9.17) is 17.0 Å². The Balaban J connectivity index is 0.00000129. The van der Waals surface area contributed by atoms with Crippen LogP contribution in [0.3, 0.4) is 0 Å². The summed E-state index contributed by atoms with van der Waals surface area (Å²) < 4.78 is 0. The summed E-state index contributed by atoms with van der Waals surface area (Å²) in [4.78, 5) is 0. The van der Waals surface area contributed by atoms with Crippen LogP contribution in [-0.2, 0) is 31.7 Å². The van der Waals surface area contributed by atoms with Crippen LogP contribution >= 0.6 is 17.0 Å². The van der Waals surface area contributed by atoms with Crippen molar-refractivity contribution in [1.82, 2.24) is 0 Å². The molecule has 186 valence electrons. The molecule has 0 saturated heterocycles. The van der Waals surface area contributed by atoms with Crippen LogP contribution in [-0.4, -0.2) is 16.1 Å². The Labute approximate surface area is 229 Å². The Bertz CT molecular complexity index is 1100. The van der Waals surface area contributed by atoms with Crippen LogP contribution in [0.1, 0.15) is 52.7 Å². The first-order chi connectivity index (χ1) is 15.3. The number of fused-ring (bicyclic) bond motifs is 1. The Morgan fingerprint density at radius 2 is 1.18 bits per heavy atom. The van der Waals surface area contributed by atoms with Gasteiger partial charge in [0.05, 0.1) is 16.1 Å². The topological polar surface area (TPSA) is 0 Å². The van der Waals surface area contributed by atoms with Gasteiger partial charge in [0.1, 0.15) is 0 Å². The second-order valence-electron chi connectivity index (χ2n) is 13.6. The van der Waals surface area contributed by atoms with E-state index in [-0.39, 0.29) is 10.8 Å². The van der Waals surface area contributed by atoms with E-state index in [1.807, 2.05) is 0 Å². The van der Waals surface area contributed by atoms with Crippen LogP contribution in [0.25, 0.3) is 21.9 Å². The standard InChI is InChI=1S/C29H43Si2.2ClH.Zr/c1-28(2,3)22-15-20-13-14-26(29(4,5)6)27(25(20)18-22)21-16-23(30(7,8)9)19-24(17-21)31(10,11)12;;;/h13-19H,1-12H3;2*1H;/q-1;;;+2/p-2. The fourth-order valence-corrected chi connectivity index (χ4v) is 6.79. The van der Waals surface area contributed by atoms with Gasteiger partial charge in [-0.25, -0.2) is 0 Å². The second-order valence-corrected chi connectivity index (χ2v) is 27.5. The molecule has 0 nitrogen and oxygen atoms in total. The molecule has 3 aromatic carbocycles. The van der Waals surface area contributed by atoms with Gasteiger partial charge in [0.2, 0.25) is 0 Å². The van der Waals surface area contributed by atoms with Crippen molar-refractivity contribution in [1.29, 1.82) is 0 Å². The molecule has 0 spiro atoms. The minimum absolute atomic E-state index is 0.0944. The maximum absolute atomic E-state index is 4.93. The molecular weight excluding hydrogens is 567 g/mol. The Kier molecular flexibility index (Phi) is 9.53. The Morgan fingerprint density at radius 3 is 1.56 bits per heavy atom. The summed E-state index contributed by atoms with van der Waals surface area (Å²) >= 11 is -0.826. The van der Waals surface area contributed by atoms with Crippen LogP contribution in [0.2, 0.25) is 39.3 Å². The quantitative estimate of drug-likeness (QED) is 0.205. The van der Waals surface area contributed by atoms with Crippen molar-refractivity contribution >= 4 is 54.3 Å². The van der Waals surface area contributed by atoms with Crippen molar-refractivity contribution in [2.24, 2.45) is 0 Å². The third-order valence-corrected chi connectivity index (χ3v) is 10.6. The molecule has 34 heavy (non-hydrogen) atoms. The van der Waals surface area contributed by atoms with E-state index < -0.39 is 37.0 Å². The molecule has 0 atom stereocenters. The first-order valence-corrected chi connectivity index (χ1v) is 25.5. The van der Waals surface area contributed by atoms with Crippen molar-refractivity contribution in [2.75, 3.05) is 0 Å². The monoisotopic (exact) mass is 607 g/mol. The molecule has 3 aromatic rings. The number of rotatable bonds is 3. The molecule has 0 amide bonds. The van der Waals surface area contributed by atoms with Crippen LogP contribution in [0.4, 0.5) is 0 Å². The minimum atomic E-state index is -1.44. The molecule has 0 bridgehead atoms. The summed E-state index contributed by atoms with van der Waals surface area (Å²) in [5.41, 5.74) is 6.03. The summed E-state index contributed by atoms with van der Waals surface area (Å²) in [6, 6.07) is 17.2. The second kappa shape index (κ2) is 10.7. The van der Waals surface area contributed by atoms with Gasteiger partial charge >= 0.3 is 37.9 Å². The normalized spacial score (nSPS) is 13.0. The average molecular weight is 610 g/mol. The summed E-state index contributed by atoms with van der Waals surface area (Å²) in [6.45, 7) is 28.9. The van der Waals surface area contributed by atoms with Gasteiger partial charge in [-0.05, 0) is 16.4 Å². The van der Waals surface area contributed by atoms with Crippen molar-refractivity contribution in [2.45, 2.75) is 91.7 Å². The summed E-state index contributed by atoms with van der Waals surface area (Å²) in [5, 5.41) is 5.97. The molecular formula is C29H43Cl2Si2Zr-. The van der Waals surface area contributed by atoms with E-state index in [0.717, 1.165) is 0 Å². The summed E-state index contributed by atoms with van der Waals surface area (Å²) in [6.07, 6.45) is 0. The first-order valence-electron chi connectivity index (χ1n) is 12.2. The third-order valence-electron chi connectivity index (χ3n) is 6.52. The summed E-state index contributed by atoms with van der Waals surface area (Å²) in [5.74, 6) is 0. The number of hydrogen-bond donors (Lipinski definition) is 0. The van der Waals surface area contributed by atoms with E-state index in [9.17, 15) is 0 Å². The van der Waals surface area contributed by atoms with Crippen LogP contribution in [0.15, 0.2) is 42.5 Å². The fraction of sp³-hybridized carbons (Fsp3) is 0.483. The number of benzene rings is 2. The fourth-order valence-electron chi connectivity index (χ4n) is 4.29. The van der Waals surface area contributed by atoms with Crippen molar-refractivity contribution < 1.29 is 20.8 Å². The van der Waals surface area contributed by atoms with Gasteiger partial charge in [0.25, 0.3) is 0 Å². The third kappa shape index (κ3) is 7.25. The molecule has 0 aromatic heterocycles. The van der Waals surface area contributed by atoms with E-state index in [2.05, 4.69) is 123 Å². The van der Waals surface area contributed by atoms with Crippen LogP contribution in [0.5, 0.6) is 0 Å². The SMILES string of the molecule is CC(C)(C)c1cc2c(-c3cc([Si](C)(C)C)cc([Si](C)(C)C)c3)c(C(C)(C)C)ccc2[cH-]1.[Cl][Zr][Cl]. The van der Waals surface area contributed by atoms with E-state index in [0.29, 0.717) is 0 Å². The molecule has 0 fully saturated rings. The van der Waals surface area contributed by atoms with Crippen molar-refractivity contribution in [3.63, 3.8) is 0 Å². The van der Waals surface area contributed by atoms with Gasteiger partial charge in [-0.3, -0.25) is 0 Å².